The molecule has 0 atom stereocenters. The molecule has 0 aliphatic rings. The molecule has 0 aliphatic carbocycles. The highest BCUT2D eigenvalue weighted by molar-refractivity contribution is 5.37. The smallest absolute Gasteiger partial charge is 0.241 e. The Balaban J connectivity index is 2.23. The van der Waals surface area contributed by atoms with Crippen molar-refractivity contribution in [1.29, 1.82) is 0 Å². The number of hydrogen-bond acceptors (Lipinski definition) is 7. The van der Waals surface area contributed by atoms with E-state index in [1.165, 1.54) is 0 Å². The van der Waals surface area contributed by atoms with Gasteiger partial charge in [-0.05, 0) is 0 Å². The molecule has 2 aromatic rings. The average Bonchev–Trinajstić information content (AvgIpc) is 2.99. The molecule has 0 aliphatic heterocycles. The summed E-state index contributed by atoms with van der Waals surface area (Å²) < 4.78 is 1.70. The van der Waals surface area contributed by atoms with Crippen LogP contribution in [0.4, 0.5) is 11.9 Å². The molecule has 0 fully saturated rings. The molecule has 3 N–H and O–H groups in total. The average molecular weight is 277 g/mol. The first-order valence-electron chi connectivity index (χ1n) is 6.31. The van der Waals surface area contributed by atoms with Crippen LogP contribution in [0.3, 0.4) is 0 Å². The molecule has 108 valence electrons. The third-order valence-electron chi connectivity index (χ3n) is 2.74. The lowest BCUT2D eigenvalue weighted by Crippen LogP contribution is -2.27. The van der Waals surface area contributed by atoms with E-state index >= 15 is 0 Å². The van der Waals surface area contributed by atoms with Gasteiger partial charge in [-0.15, -0.1) is 0 Å². The number of nitrogens with zero attached hydrogens (tertiary/aromatic N) is 5. The Morgan fingerprint density at radius 2 is 2.00 bits per heavy atom. The SMILES string of the molecule is CNc1nc(NCC(C)(C)CO)nc(-n2ccnc2)n1. The van der Waals surface area contributed by atoms with Crippen molar-refractivity contribution < 1.29 is 5.11 Å². The lowest BCUT2D eigenvalue weighted by atomic mass is 9.95. The minimum absolute atomic E-state index is 0.0817. The van der Waals surface area contributed by atoms with Gasteiger partial charge >= 0.3 is 0 Å². The van der Waals surface area contributed by atoms with Crippen LogP contribution in [0.5, 0.6) is 0 Å². The zero-order valence-electron chi connectivity index (χ0n) is 11.8. The lowest BCUT2D eigenvalue weighted by molar-refractivity contribution is 0.170. The number of rotatable bonds is 6. The molecular weight excluding hydrogens is 258 g/mol. The van der Waals surface area contributed by atoms with Crippen LogP contribution >= 0.6 is 0 Å². The molecule has 0 saturated carbocycles. The highest BCUT2D eigenvalue weighted by atomic mass is 16.3. The van der Waals surface area contributed by atoms with Gasteiger partial charge in [0, 0.05) is 38.0 Å². The molecule has 2 rings (SSSR count). The number of aliphatic hydroxyl groups excluding tert-OH is 1. The van der Waals surface area contributed by atoms with Gasteiger partial charge in [0.1, 0.15) is 6.33 Å². The number of hydrogen-bond donors (Lipinski definition) is 3. The fourth-order valence-corrected chi connectivity index (χ4v) is 1.42. The van der Waals surface area contributed by atoms with Gasteiger partial charge in [-0.25, -0.2) is 4.98 Å². The number of nitrogens with one attached hydrogen (secondary N) is 2. The van der Waals surface area contributed by atoms with E-state index in [1.807, 2.05) is 13.8 Å². The van der Waals surface area contributed by atoms with Crippen LogP contribution in [0, 0.1) is 5.41 Å². The Morgan fingerprint density at radius 1 is 1.25 bits per heavy atom. The second-order valence-corrected chi connectivity index (χ2v) is 5.18. The van der Waals surface area contributed by atoms with Gasteiger partial charge in [0.15, 0.2) is 0 Å². The Hall–Kier alpha value is -2.22. The Morgan fingerprint density at radius 3 is 2.60 bits per heavy atom. The highest BCUT2D eigenvalue weighted by Crippen LogP contribution is 2.15. The largest absolute Gasteiger partial charge is 0.396 e. The first-order chi connectivity index (χ1) is 9.54. The molecule has 0 spiro atoms. The van der Waals surface area contributed by atoms with E-state index in [4.69, 9.17) is 0 Å². The Labute approximate surface area is 117 Å². The summed E-state index contributed by atoms with van der Waals surface area (Å²) in [6.07, 6.45) is 5.04. The topological polar surface area (TPSA) is 101 Å². The molecule has 0 bridgehead atoms. The molecule has 2 aromatic heterocycles. The molecule has 0 amide bonds. The Kier molecular flexibility index (Phi) is 4.14. The normalized spacial score (nSPS) is 11.4. The molecule has 2 heterocycles. The minimum atomic E-state index is -0.248. The van der Waals surface area contributed by atoms with Gasteiger partial charge in [0.05, 0.1) is 0 Å². The van der Waals surface area contributed by atoms with E-state index in [0.717, 1.165) is 0 Å². The summed E-state index contributed by atoms with van der Waals surface area (Å²) in [4.78, 5) is 16.8. The maximum atomic E-state index is 9.26. The van der Waals surface area contributed by atoms with Gasteiger partial charge in [0.25, 0.3) is 0 Å². The fraction of sp³-hybridized carbons (Fsp3) is 0.500. The molecule has 20 heavy (non-hydrogen) atoms. The summed E-state index contributed by atoms with van der Waals surface area (Å²) in [7, 11) is 1.74. The summed E-state index contributed by atoms with van der Waals surface area (Å²) in [6.45, 7) is 4.55. The Bertz CT molecular complexity index is 553. The maximum absolute atomic E-state index is 9.26. The first kappa shape index (κ1) is 14.2. The van der Waals surface area contributed by atoms with E-state index in [0.29, 0.717) is 24.4 Å². The number of aromatic nitrogens is 5. The van der Waals surface area contributed by atoms with Crippen molar-refractivity contribution >= 4 is 11.9 Å². The summed E-state index contributed by atoms with van der Waals surface area (Å²) >= 11 is 0. The fourth-order valence-electron chi connectivity index (χ4n) is 1.42. The van der Waals surface area contributed by atoms with Crippen molar-refractivity contribution in [2.75, 3.05) is 30.8 Å². The first-order valence-corrected chi connectivity index (χ1v) is 6.31. The molecular formula is C12H19N7O. The summed E-state index contributed by atoms with van der Waals surface area (Å²) in [5, 5.41) is 15.3. The highest BCUT2D eigenvalue weighted by Gasteiger charge is 2.17. The van der Waals surface area contributed by atoms with Gasteiger partial charge in [-0.2, -0.15) is 15.0 Å². The third kappa shape index (κ3) is 3.41. The minimum Gasteiger partial charge on any atom is -0.396 e. The van der Waals surface area contributed by atoms with Crippen LogP contribution in [0.25, 0.3) is 5.95 Å². The van der Waals surface area contributed by atoms with Crippen LogP contribution < -0.4 is 10.6 Å². The van der Waals surface area contributed by atoms with E-state index < -0.39 is 0 Å². The van der Waals surface area contributed by atoms with Crippen molar-refractivity contribution in [2.45, 2.75) is 13.8 Å². The van der Waals surface area contributed by atoms with Gasteiger partial charge in [-0.1, -0.05) is 13.8 Å². The van der Waals surface area contributed by atoms with Crippen molar-refractivity contribution in [3.05, 3.63) is 18.7 Å². The predicted molar refractivity (Wildman–Crippen MR) is 75.9 cm³/mol. The molecule has 0 radical (unpaired) electrons. The van der Waals surface area contributed by atoms with Crippen LogP contribution in [0.2, 0.25) is 0 Å². The zero-order chi connectivity index (χ0) is 14.6. The van der Waals surface area contributed by atoms with Gasteiger partial charge < -0.3 is 15.7 Å². The van der Waals surface area contributed by atoms with Crippen molar-refractivity contribution in [1.82, 2.24) is 24.5 Å². The molecule has 0 aromatic carbocycles. The number of imidazole rings is 1. The summed E-state index contributed by atoms with van der Waals surface area (Å²) in [5.74, 6) is 1.40. The molecule has 8 nitrogen and oxygen atoms in total. The molecule has 0 unspecified atom stereocenters. The van der Waals surface area contributed by atoms with Gasteiger partial charge in [0.2, 0.25) is 17.8 Å². The zero-order valence-corrected chi connectivity index (χ0v) is 11.8. The van der Waals surface area contributed by atoms with Gasteiger partial charge in [-0.3, -0.25) is 4.57 Å². The van der Waals surface area contributed by atoms with Crippen molar-refractivity contribution in [3.63, 3.8) is 0 Å². The van der Waals surface area contributed by atoms with Crippen molar-refractivity contribution in [2.24, 2.45) is 5.41 Å². The third-order valence-corrected chi connectivity index (χ3v) is 2.74. The van der Waals surface area contributed by atoms with Crippen LogP contribution in [-0.4, -0.2) is 49.8 Å². The standard InChI is InChI=1S/C12H19N7O/c1-12(2,7-20)6-15-10-16-9(13-3)17-11(18-10)19-5-4-14-8-19/h4-5,8,20H,6-7H2,1-3H3,(H2,13,15,16,17,18). The predicted octanol–water partition coefficient (Wildman–Crippen LogP) is 0.529. The van der Waals surface area contributed by atoms with E-state index in [-0.39, 0.29) is 12.0 Å². The maximum Gasteiger partial charge on any atom is 0.241 e. The van der Waals surface area contributed by atoms with E-state index in [1.54, 1.807) is 30.3 Å². The van der Waals surface area contributed by atoms with Crippen LogP contribution in [0.15, 0.2) is 18.7 Å². The monoisotopic (exact) mass is 277 g/mol. The van der Waals surface area contributed by atoms with E-state index in [9.17, 15) is 5.11 Å². The number of anilines is 2. The van der Waals surface area contributed by atoms with Crippen LogP contribution in [-0.2, 0) is 0 Å². The second kappa shape index (κ2) is 5.83. The summed E-state index contributed by atoms with van der Waals surface area (Å²) in [5.41, 5.74) is -0.248. The van der Waals surface area contributed by atoms with Crippen LogP contribution in [0.1, 0.15) is 13.8 Å². The molecule has 8 heteroatoms. The lowest BCUT2D eigenvalue weighted by Gasteiger charge is -2.21. The second-order valence-electron chi connectivity index (χ2n) is 5.18. The molecule has 0 saturated heterocycles. The van der Waals surface area contributed by atoms with E-state index in [2.05, 4.69) is 30.6 Å². The quantitative estimate of drug-likeness (QED) is 0.708. The van der Waals surface area contributed by atoms with Crippen molar-refractivity contribution in [3.8, 4) is 5.95 Å². The summed E-state index contributed by atoms with van der Waals surface area (Å²) in [6, 6.07) is 0. The number of aliphatic hydroxyl groups is 1.